The molecule has 0 aliphatic carbocycles. The van der Waals surface area contributed by atoms with E-state index in [0.29, 0.717) is 25.1 Å². The van der Waals surface area contributed by atoms with Crippen molar-refractivity contribution in [1.82, 2.24) is 4.90 Å². The molecule has 1 heterocycles. The SMILES string of the molecule is O=C(CSc1ccc(C(F)(F)F)cc1[N+](=O)[O-])N1CCC(c2ccccc2)CC1. The van der Waals surface area contributed by atoms with Crippen molar-refractivity contribution in [2.75, 3.05) is 18.8 Å². The van der Waals surface area contributed by atoms with Crippen LogP contribution in [0.5, 0.6) is 0 Å². The number of nitro benzene ring substituents is 1. The molecule has 1 aliphatic rings. The summed E-state index contributed by atoms with van der Waals surface area (Å²) in [6.07, 6.45) is -2.99. The lowest BCUT2D eigenvalue weighted by atomic mass is 9.89. The van der Waals surface area contributed by atoms with Gasteiger partial charge in [0.05, 0.1) is 21.1 Å². The normalized spacial score (nSPS) is 15.3. The molecule has 0 radical (unpaired) electrons. The first kappa shape index (κ1) is 21.2. The van der Waals surface area contributed by atoms with Crippen LogP contribution in [0.25, 0.3) is 0 Å². The summed E-state index contributed by atoms with van der Waals surface area (Å²) in [6, 6.07) is 12.4. The molecule has 0 bridgehead atoms. The molecule has 3 rings (SSSR count). The second kappa shape index (κ2) is 8.86. The van der Waals surface area contributed by atoms with Crippen molar-refractivity contribution in [3.63, 3.8) is 0 Å². The van der Waals surface area contributed by atoms with Crippen LogP contribution in [0.3, 0.4) is 0 Å². The van der Waals surface area contributed by atoms with Gasteiger partial charge in [0.15, 0.2) is 0 Å². The summed E-state index contributed by atoms with van der Waals surface area (Å²) in [6.45, 7) is 1.18. The Morgan fingerprint density at radius 1 is 1.14 bits per heavy atom. The average Bonchev–Trinajstić information content (AvgIpc) is 2.72. The van der Waals surface area contributed by atoms with Crippen LogP contribution < -0.4 is 0 Å². The van der Waals surface area contributed by atoms with E-state index in [1.165, 1.54) is 5.56 Å². The minimum Gasteiger partial charge on any atom is -0.342 e. The fraction of sp³-hybridized carbons (Fsp3) is 0.350. The van der Waals surface area contributed by atoms with Crippen LogP contribution in [-0.2, 0) is 11.0 Å². The zero-order chi connectivity index (χ0) is 21.0. The lowest BCUT2D eigenvalue weighted by Crippen LogP contribution is -2.38. The number of rotatable bonds is 5. The number of hydrogen-bond acceptors (Lipinski definition) is 4. The molecule has 5 nitrogen and oxygen atoms in total. The minimum absolute atomic E-state index is 0.0514. The number of benzene rings is 2. The summed E-state index contributed by atoms with van der Waals surface area (Å²) < 4.78 is 38.4. The van der Waals surface area contributed by atoms with Crippen LogP contribution in [-0.4, -0.2) is 34.6 Å². The Balaban J connectivity index is 1.59. The number of nitrogens with zero attached hydrogens (tertiary/aromatic N) is 2. The molecule has 154 valence electrons. The highest BCUT2D eigenvalue weighted by Crippen LogP contribution is 2.37. The molecule has 1 aliphatic heterocycles. The number of amides is 1. The van der Waals surface area contributed by atoms with Crippen LogP contribution in [0, 0.1) is 10.1 Å². The fourth-order valence-corrected chi connectivity index (χ4v) is 4.28. The quantitative estimate of drug-likeness (QED) is 0.380. The third-order valence-electron chi connectivity index (χ3n) is 4.95. The highest BCUT2D eigenvalue weighted by atomic mass is 32.2. The zero-order valence-electron chi connectivity index (χ0n) is 15.4. The number of hydrogen-bond donors (Lipinski definition) is 0. The predicted octanol–water partition coefficient (Wildman–Crippen LogP) is 5.11. The first-order valence-electron chi connectivity index (χ1n) is 9.07. The lowest BCUT2D eigenvalue weighted by Gasteiger charge is -2.32. The molecule has 9 heteroatoms. The van der Waals surface area contributed by atoms with Gasteiger partial charge in [-0.25, -0.2) is 0 Å². The van der Waals surface area contributed by atoms with Crippen molar-refractivity contribution in [3.8, 4) is 0 Å². The first-order valence-corrected chi connectivity index (χ1v) is 10.1. The van der Waals surface area contributed by atoms with Crippen LogP contribution in [0.15, 0.2) is 53.4 Å². The molecule has 29 heavy (non-hydrogen) atoms. The van der Waals surface area contributed by atoms with E-state index in [-0.39, 0.29) is 16.6 Å². The molecule has 0 spiro atoms. The summed E-state index contributed by atoms with van der Waals surface area (Å²) in [5.41, 5.74) is -0.474. The maximum atomic E-state index is 12.8. The molecule has 2 aromatic rings. The van der Waals surface area contributed by atoms with Gasteiger partial charge in [-0.1, -0.05) is 30.3 Å². The van der Waals surface area contributed by atoms with E-state index in [1.807, 2.05) is 18.2 Å². The van der Waals surface area contributed by atoms with Crippen LogP contribution >= 0.6 is 11.8 Å². The first-order chi connectivity index (χ1) is 13.8. The molecule has 1 amide bonds. The largest absolute Gasteiger partial charge is 0.416 e. The number of carbonyl (C=O) groups excluding carboxylic acids is 1. The zero-order valence-corrected chi connectivity index (χ0v) is 16.2. The Hall–Kier alpha value is -2.55. The molecule has 1 fully saturated rings. The van der Waals surface area contributed by atoms with Gasteiger partial charge in [-0.15, -0.1) is 11.8 Å². The monoisotopic (exact) mass is 424 g/mol. The highest BCUT2D eigenvalue weighted by molar-refractivity contribution is 8.00. The van der Waals surface area contributed by atoms with Crippen LogP contribution in [0.2, 0.25) is 0 Å². The lowest BCUT2D eigenvalue weighted by molar-refractivity contribution is -0.388. The Morgan fingerprint density at radius 2 is 1.79 bits per heavy atom. The van der Waals surface area contributed by atoms with Crippen molar-refractivity contribution in [3.05, 3.63) is 69.8 Å². The maximum absolute atomic E-state index is 12.8. The molecular formula is C20H19F3N2O3S. The molecule has 2 aromatic carbocycles. The van der Waals surface area contributed by atoms with E-state index in [2.05, 4.69) is 12.1 Å². The van der Waals surface area contributed by atoms with Crippen molar-refractivity contribution in [1.29, 1.82) is 0 Å². The number of likely N-dealkylation sites (tertiary alicyclic amines) is 1. The number of alkyl halides is 3. The van der Waals surface area contributed by atoms with Crippen LogP contribution in [0.1, 0.15) is 29.9 Å². The minimum atomic E-state index is -4.66. The van der Waals surface area contributed by atoms with Gasteiger partial charge in [0, 0.05) is 19.2 Å². The van der Waals surface area contributed by atoms with E-state index in [9.17, 15) is 28.1 Å². The summed E-state index contributed by atoms with van der Waals surface area (Å²) in [5, 5.41) is 11.1. The van der Waals surface area contributed by atoms with Gasteiger partial charge in [0.2, 0.25) is 5.91 Å². The molecule has 0 saturated carbocycles. The van der Waals surface area contributed by atoms with E-state index < -0.39 is 22.4 Å². The highest BCUT2D eigenvalue weighted by Gasteiger charge is 2.33. The number of nitro groups is 1. The van der Waals surface area contributed by atoms with Gasteiger partial charge in [0.25, 0.3) is 5.69 Å². The van der Waals surface area contributed by atoms with Gasteiger partial charge >= 0.3 is 6.18 Å². The van der Waals surface area contributed by atoms with E-state index in [4.69, 9.17) is 0 Å². The average molecular weight is 424 g/mol. The fourth-order valence-electron chi connectivity index (χ4n) is 3.38. The molecule has 0 atom stereocenters. The number of halogens is 3. The summed E-state index contributed by atoms with van der Waals surface area (Å²) in [7, 11) is 0. The third kappa shape index (κ3) is 5.29. The summed E-state index contributed by atoms with van der Waals surface area (Å²) >= 11 is 0.893. The van der Waals surface area contributed by atoms with Gasteiger partial charge in [-0.3, -0.25) is 14.9 Å². The third-order valence-corrected chi connectivity index (χ3v) is 6.00. The van der Waals surface area contributed by atoms with Crippen LogP contribution in [0.4, 0.5) is 18.9 Å². The molecule has 0 aromatic heterocycles. The van der Waals surface area contributed by atoms with Gasteiger partial charge in [-0.2, -0.15) is 13.2 Å². The number of thioether (sulfide) groups is 1. The Morgan fingerprint density at radius 3 is 2.38 bits per heavy atom. The maximum Gasteiger partial charge on any atom is 0.416 e. The Kier molecular flexibility index (Phi) is 6.46. The molecular weight excluding hydrogens is 405 g/mol. The number of carbonyl (C=O) groups is 1. The van der Waals surface area contributed by atoms with Crippen molar-refractivity contribution in [2.24, 2.45) is 0 Å². The second-order valence-electron chi connectivity index (χ2n) is 6.79. The molecule has 0 N–H and O–H groups in total. The van der Waals surface area contributed by atoms with Crippen molar-refractivity contribution in [2.45, 2.75) is 29.8 Å². The van der Waals surface area contributed by atoms with Crippen molar-refractivity contribution < 1.29 is 22.9 Å². The van der Waals surface area contributed by atoms with Crippen molar-refractivity contribution >= 4 is 23.4 Å². The molecule has 1 saturated heterocycles. The Labute approximate surface area is 170 Å². The Bertz CT molecular complexity index is 882. The summed E-state index contributed by atoms with van der Waals surface area (Å²) in [5.74, 6) is 0.168. The smallest absolute Gasteiger partial charge is 0.342 e. The van der Waals surface area contributed by atoms with E-state index >= 15 is 0 Å². The summed E-state index contributed by atoms with van der Waals surface area (Å²) in [4.78, 5) is 24.5. The standard InChI is InChI=1S/C20H19F3N2O3S/c21-20(22,23)16-6-7-18(17(12-16)25(27)28)29-13-19(26)24-10-8-15(9-11-24)14-4-2-1-3-5-14/h1-7,12,15H,8-11,13H2. The van der Waals surface area contributed by atoms with E-state index in [0.717, 1.165) is 36.7 Å². The number of piperidine rings is 1. The topological polar surface area (TPSA) is 63.4 Å². The van der Waals surface area contributed by atoms with E-state index in [1.54, 1.807) is 4.90 Å². The van der Waals surface area contributed by atoms with Gasteiger partial charge in [0.1, 0.15) is 0 Å². The second-order valence-corrected chi connectivity index (χ2v) is 7.81. The van der Waals surface area contributed by atoms with Gasteiger partial charge < -0.3 is 4.90 Å². The van der Waals surface area contributed by atoms with Gasteiger partial charge in [-0.05, 0) is 36.5 Å². The predicted molar refractivity (Wildman–Crippen MR) is 104 cm³/mol. The molecule has 0 unspecified atom stereocenters.